The van der Waals surface area contributed by atoms with E-state index in [0.717, 1.165) is 17.1 Å². The predicted octanol–water partition coefficient (Wildman–Crippen LogP) is 14.3. The normalized spacial score (nSPS) is 11.6. The Morgan fingerprint density at radius 3 is 1.66 bits per heavy atom. The first-order valence-electron chi connectivity index (χ1n) is 17.1. The van der Waals surface area contributed by atoms with Gasteiger partial charge in [-0.2, -0.15) is 0 Å². The number of nitrogens with zero attached hydrogens (tertiary/aromatic N) is 1. The van der Waals surface area contributed by atoms with Gasteiger partial charge in [-0.25, -0.2) is 0 Å². The topological polar surface area (TPSA) is 3.24 Å². The van der Waals surface area contributed by atoms with Crippen molar-refractivity contribution in [2.45, 2.75) is 0 Å². The fourth-order valence-electron chi connectivity index (χ4n) is 7.70. The van der Waals surface area contributed by atoms with Gasteiger partial charge in [-0.1, -0.05) is 140 Å². The first-order valence-corrected chi connectivity index (χ1v) is 17.9. The number of benzene rings is 9. The minimum Gasteiger partial charge on any atom is -0.311 e. The van der Waals surface area contributed by atoms with E-state index in [1.54, 1.807) is 0 Å². The first kappa shape index (κ1) is 28.8. The van der Waals surface area contributed by atoms with Crippen molar-refractivity contribution in [3.05, 3.63) is 188 Å². The molecule has 10 rings (SSSR count). The summed E-state index contributed by atoms with van der Waals surface area (Å²) in [5, 5.41) is 10.4. The molecule has 9 aromatic carbocycles. The minimum atomic E-state index is 1.12. The number of thiophene rings is 1. The monoisotopic (exact) mass is 653 g/mol. The van der Waals surface area contributed by atoms with Crippen LogP contribution in [0.4, 0.5) is 17.1 Å². The third-order valence-electron chi connectivity index (χ3n) is 10.0. The molecule has 1 heterocycles. The maximum absolute atomic E-state index is 2.37. The molecule has 0 saturated carbocycles. The van der Waals surface area contributed by atoms with Crippen molar-refractivity contribution < 1.29 is 0 Å². The molecule has 0 aliphatic heterocycles. The molecule has 2 heteroatoms. The second-order valence-electron chi connectivity index (χ2n) is 12.9. The highest BCUT2D eigenvalue weighted by atomic mass is 32.1. The number of hydrogen-bond donors (Lipinski definition) is 0. The summed E-state index contributed by atoms with van der Waals surface area (Å²) in [5.74, 6) is 0. The Kier molecular flexibility index (Phi) is 6.75. The molecule has 0 aliphatic rings. The van der Waals surface area contributed by atoms with Crippen LogP contribution in [-0.2, 0) is 0 Å². The lowest BCUT2D eigenvalue weighted by molar-refractivity contribution is 1.28. The van der Waals surface area contributed by atoms with Crippen LogP contribution in [-0.4, -0.2) is 0 Å². The molecule has 0 N–H and O–H groups in total. The Bertz CT molecular complexity index is 2850. The molecule has 0 aliphatic carbocycles. The first-order chi connectivity index (χ1) is 24.8. The van der Waals surface area contributed by atoms with E-state index >= 15 is 0 Å². The van der Waals surface area contributed by atoms with Gasteiger partial charge in [0.15, 0.2) is 0 Å². The Morgan fingerprint density at radius 2 is 0.900 bits per heavy atom. The minimum absolute atomic E-state index is 1.12. The van der Waals surface area contributed by atoms with Crippen LogP contribution in [0.15, 0.2) is 188 Å². The Labute approximate surface area is 294 Å². The number of fused-ring (bicyclic) bond motifs is 8. The molecule has 0 spiro atoms. The third kappa shape index (κ3) is 4.69. The van der Waals surface area contributed by atoms with Gasteiger partial charge in [-0.3, -0.25) is 0 Å². The van der Waals surface area contributed by atoms with Crippen LogP contribution in [0.1, 0.15) is 0 Å². The predicted molar refractivity (Wildman–Crippen MR) is 217 cm³/mol. The average Bonchev–Trinajstić information content (AvgIpc) is 3.58. The second kappa shape index (κ2) is 11.7. The lowest BCUT2D eigenvalue weighted by Crippen LogP contribution is -2.09. The molecule has 0 unspecified atom stereocenters. The molecule has 0 saturated heterocycles. The van der Waals surface area contributed by atoms with E-state index < -0.39 is 0 Å². The van der Waals surface area contributed by atoms with Crippen LogP contribution in [0.5, 0.6) is 0 Å². The smallest absolute Gasteiger partial charge is 0.0462 e. The largest absolute Gasteiger partial charge is 0.311 e. The van der Waals surface area contributed by atoms with Crippen LogP contribution < -0.4 is 4.90 Å². The summed E-state index contributed by atoms with van der Waals surface area (Å²) in [6, 6.07) is 68.6. The van der Waals surface area contributed by atoms with E-state index in [9.17, 15) is 0 Å². The summed E-state index contributed by atoms with van der Waals surface area (Å²) < 4.78 is 2.67. The summed E-state index contributed by atoms with van der Waals surface area (Å²) in [7, 11) is 0. The quantitative estimate of drug-likeness (QED) is 0.167. The van der Waals surface area contributed by atoms with Gasteiger partial charge < -0.3 is 4.90 Å². The zero-order chi connectivity index (χ0) is 33.0. The zero-order valence-electron chi connectivity index (χ0n) is 27.3. The highest BCUT2D eigenvalue weighted by Gasteiger charge is 2.16. The highest BCUT2D eigenvalue weighted by molar-refractivity contribution is 7.26. The van der Waals surface area contributed by atoms with Gasteiger partial charge in [0.05, 0.1) is 0 Å². The van der Waals surface area contributed by atoms with E-state index in [1.807, 2.05) is 11.3 Å². The molecular formula is C48H31NS. The van der Waals surface area contributed by atoms with Crippen LogP contribution >= 0.6 is 11.3 Å². The van der Waals surface area contributed by atoms with Gasteiger partial charge in [0.2, 0.25) is 0 Å². The molecule has 0 bridgehead atoms. The van der Waals surface area contributed by atoms with Crippen LogP contribution in [0.25, 0.3) is 74.7 Å². The molecule has 1 aromatic heterocycles. The summed E-state index contributed by atoms with van der Waals surface area (Å²) in [5.41, 5.74) is 8.34. The molecule has 0 fully saturated rings. The van der Waals surface area contributed by atoms with Crippen LogP contribution in [0.3, 0.4) is 0 Å². The maximum Gasteiger partial charge on any atom is 0.0462 e. The van der Waals surface area contributed by atoms with E-state index in [4.69, 9.17) is 0 Å². The average molecular weight is 654 g/mol. The van der Waals surface area contributed by atoms with Crippen molar-refractivity contribution in [3.8, 4) is 22.3 Å². The van der Waals surface area contributed by atoms with Gasteiger partial charge in [0.1, 0.15) is 0 Å². The Balaban J connectivity index is 1.06. The summed E-state index contributed by atoms with van der Waals surface area (Å²) in [6.45, 7) is 0. The van der Waals surface area contributed by atoms with Gasteiger partial charge in [0, 0.05) is 37.2 Å². The van der Waals surface area contributed by atoms with Crippen LogP contribution in [0.2, 0.25) is 0 Å². The lowest BCUT2D eigenvalue weighted by Gasteiger charge is -2.26. The van der Waals surface area contributed by atoms with E-state index in [0.29, 0.717) is 0 Å². The fraction of sp³-hybridized carbons (Fsp3) is 0. The molecule has 0 radical (unpaired) electrons. The molecule has 10 aromatic rings. The summed E-state index contributed by atoms with van der Waals surface area (Å²) >= 11 is 1.88. The maximum atomic E-state index is 2.37. The summed E-state index contributed by atoms with van der Waals surface area (Å²) in [4.78, 5) is 2.35. The molecule has 50 heavy (non-hydrogen) atoms. The van der Waals surface area contributed by atoms with Crippen molar-refractivity contribution in [1.29, 1.82) is 0 Å². The zero-order valence-corrected chi connectivity index (χ0v) is 28.1. The van der Waals surface area contributed by atoms with E-state index in [-0.39, 0.29) is 0 Å². The molecule has 0 atom stereocenters. The molecule has 234 valence electrons. The number of rotatable bonds is 5. The van der Waals surface area contributed by atoms with Crippen molar-refractivity contribution in [1.82, 2.24) is 0 Å². The van der Waals surface area contributed by atoms with Crippen molar-refractivity contribution in [2.24, 2.45) is 0 Å². The SMILES string of the molecule is c1ccc(N(c2ccc(-c3cc4ccc5ccccc5c4c4ccccc34)cc2)c2ccc(-c3cccc4c3sc3ccccc34)cc2)cc1. The van der Waals surface area contributed by atoms with Crippen molar-refractivity contribution in [2.75, 3.05) is 4.90 Å². The highest BCUT2D eigenvalue weighted by Crippen LogP contribution is 2.43. The van der Waals surface area contributed by atoms with E-state index in [2.05, 4.69) is 193 Å². The third-order valence-corrected chi connectivity index (χ3v) is 11.3. The number of anilines is 3. The van der Waals surface area contributed by atoms with Crippen LogP contribution in [0, 0.1) is 0 Å². The fourth-order valence-corrected chi connectivity index (χ4v) is 8.93. The summed E-state index contributed by atoms with van der Waals surface area (Å²) in [6.07, 6.45) is 0. The van der Waals surface area contributed by atoms with E-state index in [1.165, 1.54) is 74.7 Å². The Hall–Kier alpha value is -6.22. The number of para-hydroxylation sites is 1. The molecule has 0 amide bonds. The van der Waals surface area contributed by atoms with Gasteiger partial charge in [-0.05, 0) is 103 Å². The van der Waals surface area contributed by atoms with Gasteiger partial charge in [-0.15, -0.1) is 11.3 Å². The van der Waals surface area contributed by atoms with Gasteiger partial charge in [0.25, 0.3) is 0 Å². The second-order valence-corrected chi connectivity index (χ2v) is 14.0. The molecule has 1 nitrogen and oxygen atoms in total. The molecular weight excluding hydrogens is 623 g/mol. The Morgan fingerprint density at radius 1 is 0.340 bits per heavy atom. The van der Waals surface area contributed by atoms with Crippen molar-refractivity contribution >= 4 is 80.9 Å². The van der Waals surface area contributed by atoms with Crippen molar-refractivity contribution in [3.63, 3.8) is 0 Å². The number of hydrogen-bond acceptors (Lipinski definition) is 2. The van der Waals surface area contributed by atoms with Gasteiger partial charge >= 0.3 is 0 Å². The lowest BCUT2D eigenvalue weighted by atomic mass is 9.91. The standard InChI is InChI=1S/C48H31NS/c1-2-12-36(13-3-1)49(37-27-23-33(24-28-37)40-18-10-19-44-42-16-8-9-20-46(42)50-48(40)44)38-29-25-34(26-30-38)45-31-35-22-21-32-11-4-5-14-39(32)47(35)43-17-7-6-15-41(43)45/h1-31H.